The molecule has 2 aromatic rings. The first-order chi connectivity index (χ1) is 12.5. The molecule has 1 amide bonds. The molecule has 1 atom stereocenters. The van der Waals surface area contributed by atoms with E-state index in [-0.39, 0.29) is 11.9 Å². The van der Waals surface area contributed by atoms with Crippen LogP contribution in [0, 0.1) is 5.92 Å². The van der Waals surface area contributed by atoms with Gasteiger partial charge in [0.15, 0.2) is 5.69 Å². The fraction of sp³-hybridized carbons (Fsp3) is 0.500. The summed E-state index contributed by atoms with van der Waals surface area (Å²) >= 11 is 5.95. The Bertz CT molecular complexity index is 727. The molecule has 0 aliphatic carbocycles. The highest BCUT2D eigenvalue weighted by atomic mass is 35.5. The first-order valence-corrected chi connectivity index (χ1v) is 9.60. The van der Waals surface area contributed by atoms with Crippen molar-refractivity contribution in [2.75, 3.05) is 13.1 Å². The van der Waals surface area contributed by atoms with Gasteiger partial charge in [-0.1, -0.05) is 42.7 Å². The second kappa shape index (κ2) is 8.69. The third-order valence-electron chi connectivity index (χ3n) is 4.56. The van der Waals surface area contributed by atoms with E-state index in [1.54, 1.807) is 6.07 Å². The van der Waals surface area contributed by atoms with E-state index in [9.17, 15) is 4.79 Å². The molecule has 1 fully saturated rings. The van der Waals surface area contributed by atoms with Crippen molar-refractivity contribution >= 4 is 17.5 Å². The molecule has 1 aromatic heterocycles. The molecule has 1 N–H and O–H groups in total. The topological polar surface area (TPSA) is 58.4 Å². The number of hydrogen-bond donors (Lipinski definition) is 1. The first kappa shape index (κ1) is 18.9. The van der Waals surface area contributed by atoms with Crippen molar-refractivity contribution in [3.8, 4) is 0 Å². The average molecular weight is 376 g/mol. The van der Waals surface area contributed by atoms with Gasteiger partial charge in [-0.05, 0) is 43.0 Å². The molecule has 0 radical (unpaired) electrons. The van der Waals surface area contributed by atoms with Crippen LogP contribution in [0.25, 0.3) is 0 Å². The second-order valence-electron chi connectivity index (χ2n) is 7.45. The molecule has 3 rings (SSSR count). The maximum atomic E-state index is 12.4. The highest BCUT2D eigenvalue weighted by molar-refractivity contribution is 6.30. The van der Waals surface area contributed by atoms with E-state index in [1.807, 2.05) is 12.1 Å². The molecule has 140 valence electrons. The number of nitrogens with zero attached hydrogens (tertiary/aromatic N) is 2. The lowest BCUT2D eigenvalue weighted by Gasteiger charge is -2.33. The number of piperidine rings is 1. The summed E-state index contributed by atoms with van der Waals surface area (Å²) in [6.45, 7) is 6.97. The van der Waals surface area contributed by atoms with E-state index in [0.717, 1.165) is 49.7 Å². The van der Waals surface area contributed by atoms with Gasteiger partial charge in [0.2, 0.25) is 0 Å². The van der Waals surface area contributed by atoms with Crippen LogP contribution in [0.15, 0.2) is 34.9 Å². The minimum atomic E-state index is -0.151. The number of rotatable bonds is 6. The van der Waals surface area contributed by atoms with Gasteiger partial charge < -0.3 is 9.84 Å². The lowest BCUT2D eigenvalue weighted by Crippen LogP contribution is -2.47. The number of hydrogen-bond acceptors (Lipinski definition) is 4. The van der Waals surface area contributed by atoms with Crippen molar-refractivity contribution in [2.45, 2.75) is 45.7 Å². The van der Waals surface area contributed by atoms with Crippen LogP contribution in [0.2, 0.25) is 5.02 Å². The van der Waals surface area contributed by atoms with Crippen molar-refractivity contribution in [2.24, 2.45) is 5.92 Å². The molecule has 1 aromatic carbocycles. The molecule has 0 unspecified atom stereocenters. The molecular weight excluding hydrogens is 350 g/mol. The van der Waals surface area contributed by atoms with Crippen LogP contribution in [0.1, 0.15) is 48.5 Å². The average Bonchev–Trinajstić information content (AvgIpc) is 3.05. The van der Waals surface area contributed by atoms with E-state index in [1.165, 1.54) is 5.56 Å². The zero-order valence-corrected chi connectivity index (χ0v) is 16.1. The number of carbonyl (C=O) groups excluding carboxylic acids is 1. The molecule has 6 heteroatoms. The minimum Gasteiger partial charge on any atom is -0.361 e. The van der Waals surface area contributed by atoms with Crippen molar-refractivity contribution in [3.05, 3.63) is 52.4 Å². The largest absolute Gasteiger partial charge is 0.361 e. The van der Waals surface area contributed by atoms with Gasteiger partial charge in [-0.2, -0.15) is 0 Å². The number of amides is 1. The maximum absolute atomic E-state index is 12.4. The third-order valence-corrected chi connectivity index (χ3v) is 4.81. The summed E-state index contributed by atoms with van der Waals surface area (Å²) in [7, 11) is 0. The molecule has 26 heavy (non-hydrogen) atoms. The van der Waals surface area contributed by atoms with E-state index in [0.29, 0.717) is 11.6 Å². The lowest BCUT2D eigenvalue weighted by molar-refractivity contribution is 0.0891. The van der Waals surface area contributed by atoms with Crippen molar-refractivity contribution in [3.63, 3.8) is 0 Å². The number of halogens is 1. The van der Waals surface area contributed by atoms with Gasteiger partial charge in [-0.3, -0.25) is 9.69 Å². The monoisotopic (exact) mass is 375 g/mol. The van der Waals surface area contributed by atoms with Crippen LogP contribution >= 0.6 is 11.6 Å². The summed E-state index contributed by atoms with van der Waals surface area (Å²) in [5.41, 5.74) is 1.60. The molecule has 0 spiro atoms. The Morgan fingerprint density at radius 2 is 2.15 bits per heavy atom. The van der Waals surface area contributed by atoms with Crippen LogP contribution in [0.3, 0.4) is 0 Å². The standard InChI is InChI=1S/C20H26ClN3O2/c1-14(2)10-18-11-19(23-26-18)20(25)22-17-4-3-9-24(13-17)12-15-5-7-16(21)8-6-15/h5-8,11,14,17H,3-4,9-10,12-13H2,1-2H3,(H,22,25)/t17-/m1/s1. The SMILES string of the molecule is CC(C)Cc1cc(C(=O)N[C@@H]2CCCN(Cc3ccc(Cl)cc3)C2)no1. The Balaban J connectivity index is 1.53. The summed E-state index contributed by atoms with van der Waals surface area (Å²) in [5.74, 6) is 1.08. The van der Waals surface area contributed by atoms with Crippen LogP contribution < -0.4 is 5.32 Å². The quantitative estimate of drug-likeness (QED) is 0.831. The molecule has 1 aliphatic rings. The molecule has 0 saturated carbocycles. The zero-order valence-electron chi connectivity index (χ0n) is 15.4. The highest BCUT2D eigenvalue weighted by Crippen LogP contribution is 2.16. The summed E-state index contributed by atoms with van der Waals surface area (Å²) in [6, 6.07) is 9.82. The Hall–Kier alpha value is -1.85. The number of nitrogens with one attached hydrogen (secondary N) is 1. The Labute approximate surface area is 159 Å². The zero-order chi connectivity index (χ0) is 18.5. The minimum absolute atomic E-state index is 0.133. The van der Waals surface area contributed by atoms with Crippen molar-refractivity contribution < 1.29 is 9.32 Å². The van der Waals surface area contributed by atoms with E-state index < -0.39 is 0 Å². The summed E-state index contributed by atoms with van der Waals surface area (Å²) in [6.07, 6.45) is 2.84. The molecule has 2 heterocycles. The van der Waals surface area contributed by atoms with Gasteiger partial charge in [0.1, 0.15) is 5.76 Å². The van der Waals surface area contributed by atoms with Gasteiger partial charge in [0.05, 0.1) is 0 Å². The van der Waals surface area contributed by atoms with Crippen LogP contribution in [-0.2, 0) is 13.0 Å². The van der Waals surface area contributed by atoms with E-state index in [4.69, 9.17) is 16.1 Å². The number of aromatic nitrogens is 1. The predicted octanol–water partition coefficient (Wildman–Crippen LogP) is 3.92. The van der Waals surface area contributed by atoms with E-state index in [2.05, 4.69) is 41.4 Å². The number of carbonyl (C=O) groups is 1. The Morgan fingerprint density at radius 3 is 2.88 bits per heavy atom. The van der Waals surface area contributed by atoms with Gasteiger partial charge in [-0.15, -0.1) is 0 Å². The fourth-order valence-electron chi connectivity index (χ4n) is 3.34. The summed E-state index contributed by atoms with van der Waals surface area (Å²) in [4.78, 5) is 14.8. The summed E-state index contributed by atoms with van der Waals surface area (Å²) < 4.78 is 5.26. The highest BCUT2D eigenvalue weighted by Gasteiger charge is 2.23. The number of likely N-dealkylation sites (tertiary alicyclic amines) is 1. The smallest absolute Gasteiger partial charge is 0.273 e. The molecule has 1 saturated heterocycles. The first-order valence-electron chi connectivity index (χ1n) is 9.23. The molecule has 1 aliphatic heterocycles. The summed E-state index contributed by atoms with van der Waals surface area (Å²) in [5, 5.41) is 7.77. The van der Waals surface area contributed by atoms with Gasteiger partial charge in [0.25, 0.3) is 5.91 Å². The van der Waals surface area contributed by atoms with Crippen LogP contribution in [-0.4, -0.2) is 35.1 Å². The molecular formula is C20H26ClN3O2. The van der Waals surface area contributed by atoms with Gasteiger partial charge >= 0.3 is 0 Å². The maximum Gasteiger partial charge on any atom is 0.273 e. The van der Waals surface area contributed by atoms with Crippen molar-refractivity contribution in [1.82, 2.24) is 15.4 Å². The van der Waals surface area contributed by atoms with Gasteiger partial charge in [0, 0.05) is 36.6 Å². The molecule has 5 nitrogen and oxygen atoms in total. The van der Waals surface area contributed by atoms with Crippen LogP contribution in [0.5, 0.6) is 0 Å². The van der Waals surface area contributed by atoms with Gasteiger partial charge in [-0.25, -0.2) is 0 Å². The second-order valence-corrected chi connectivity index (χ2v) is 7.89. The van der Waals surface area contributed by atoms with Crippen molar-refractivity contribution in [1.29, 1.82) is 0 Å². The fourth-order valence-corrected chi connectivity index (χ4v) is 3.47. The molecule has 0 bridgehead atoms. The predicted molar refractivity (Wildman–Crippen MR) is 102 cm³/mol. The Morgan fingerprint density at radius 1 is 1.38 bits per heavy atom. The Kier molecular flexibility index (Phi) is 6.33. The van der Waals surface area contributed by atoms with E-state index >= 15 is 0 Å². The number of benzene rings is 1. The normalized spacial score (nSPS) is 18.2. The van der Waals surface area contributed by atoms with Crippen LogP contribution in [0.4, 0.5) is 0 Å². The third kappa shape index (κ3) is 5.32. The lowest BCUT2D eigenvalue weighted by atomic mass is 10.0.